The van der Waals surface area contributed by atoms with Gasteiger partial charge in [0.05, 0.1) is 12.8 Å². The summed E-state index contributed by atoms with van der Waals surface area (Å²) in [6.45, 7) is 2.17. The van der Waals surface area contributed by atoms with E-state index in [0.717, 1.165) is 16.9 Å². The summed E-state index contributed by atoms with van der Waals surface area (Å²) in [6.07, 6.45) is 2.94. The Kier molecular flexibility index (Phi) is 6.25. The smallest absolute Gasteiger partial charge is 0.330 e. The first-order valence-electron chi connectivity index (χ1n) is 10.5. The van der Waals surface area contributed by atoms with Crippen molar-refractivity contribution in [2.24, 2.45) is 0 Å². The molecular weight excluding hydrogens is 426 g/mol. The van der Waals surface area contributed by atoms with Gasteiger partial charge in [-0.25, -0.2) is 4.79 Å². The molecule has 0 unspecified atom stereocenters. The predicted molar refractivity (Wildman–Crippen MR) is 122 cm³/mol. The number of hydrogen-bond donors (Lipinski definition) is 2. The van der Waals surface area contributed by atoms with E-state index in [1.54, 1.807) is 12.1 Å². The van der Waals surface area contributed by atoms with Gasteiger partial charge >= 0.3 is 5.69 Å². The molecule has 1 amide bonds. The number of nitrogens with two attached hydrogens (primary N) is 1. The number of benzene rings is 1. The zero-order chi connectivity index (χ0) is 23.4. The highest BCUT2D eigenvalue weighted by Gasteiger charge is 2.28. The second-order valence-electron chi connectivity index (χ2n) is 7.41. The number of aromatic nitrogens is 3. The lowest BCUT2D eigenvalue weighted by atomic mass is 10.1. The lowest BCUT2D eigenvalue weighted by Crippen LogP contribution is -2.41. The quantitative estimate of drug-likeness (QED) is 0.421. The predicted octanol–water partition coefficient (Wildman–Crippen LogP) is 3.01. The Hall–Kier alpha value is -4.34. The van der Waals surface area contributed by atoms with E-state index in [1.165, 1.54) is 16.9 Å². The SMILES string of the molecule is CCCCn1c(N)c(N(Cc2ccco2)C(=O)c2cc(-c3ccccc3)on2)c(=O)[nH]c1=O. The summed E-state index contributed by atoms with van der Waals surface area (Å²) in [5.41, 5.74) is 5.39. The van der Waals surface area contributed by atoms with Crippen LogP contribution >= 0.6 is 0 Å². The largest absolute Gasteiger partial charge is 0.467 e. The van der Waals surface area contributed by atoms with Crippen LogP contribution in [0.25, 0.3) is 11.3 Å². The van der Waals surface area contributed by atoms with Gasteiger partial charge in [0.1, 0.15) is 11.6 Å². The van der Waals surface area contributed by atoms with Crippen LogP contribution in [0.3, 0.4) is 0 Å². The van der Waals surface area contributed by atoms with Gasteiger partial charge in [-0.3, -0.25) is 24.0 Å². The molecule has 3 aromatic heterocycles. The van der Waals surface area contributed by atoms with Gasteiger partial charge in [0.25, 0.3) is 11.5 Å². The van der Waals surface area contributed by atoms with Gasteiger partial charge < -0.3 is 14.7 Å². The number of carbonyl (C=O) groups excluding carboxylic acids is 1. The lowest BCUT2D eigenvalue weighted by Gasteiger charge is -2.22. The molecule has 33 heavy (non-hydrogen) atoms. The summed E-state index contributed by atoms with van der Waals surface area (Å²) >= 11 is 0. The van der Waals surface area contributed by atoms with E-state index in [4.69, 9.17) is 14.7 Å². The van der Waals surface area contributed by atoms with E-state index in [2.05, 4.69) is 10.1 Å². The Labute approximate surface area is 188 Å². The van der Waals surface area contributed by atoms with Crippen molar-refractivity contribution in [2.45, 2.75) is 32.9 Å². The maximum Gasteiger partial charge on any atom is 0.330 e. The number of unbranched alkanes of at least 4 members (excludes halogenated alkanes) is 1. The first-order chi connectivity index (χ1) is 16.0. The Bertz CT molecular complexity index is 1350. The van der Waals surface area contributed by atoms with Crippen LogP contribution < -0.4 is 21.9 Å². The molecule has 4 aromatic rings. The summed E-state index contributed by atoms with van der Waals surface area (Å²) in [7, 11) is 0. The summed E-state index contributed by atoms with van der Waals surface area (Å²) < 4.78 is 12.0. The molecule has 0 saturated heterocycles. The molecule has 0 aliphatic carbocycles. The van der Waals surface area contributed by atoms with Gasteiger partial charge in [0.15, 0.2) is 17.1 Å². The minimum atomic E-state index is -0.781. The zero-order valence-electron chi connectivity index (χ0n) is 18.0. The van der Waals surface area contributed by atoms with Crippen molar-refractivity contribution < 1.29 is 13.7 Å². The average molecular weight is 449 g/mol. The number of nitrogens with zero attached hydrogens (tertiary/aromatic N) is 3. The first-order valence-corrected chi connectivity index (χ1v) is 10.5. The first kappa shape index (κ1) is 21.9. The fraction of sp³-hybridized carbons (Fsp3) is 0.217. The highest BCUT2D eigenvalue weighted by Crippen LogP contribution is 2.25. The van der Waals surface area contributed by atoms with Crippen LogP contribution in [0.5, 0.6) is 0 Å². The monoisotopic (exact) mass is 449 g/mol. The Morgan fingerprint density at radius 3 is 2.67 bits per heavy atom. The fourth-order valence-corrected chi connectivity index (χ4v) is 3.44. The normalized spacial score (nSPS) is 10.9. The Balaban J connectivity index is 1.78. The van der Waals surface area contributed by atoms with Crippen molar-refractivity contribution >= 4 is 17.4 Å². The van der Waals surface area contributed by atoms with E-state index in [9.17, 15) is 14.4 Å². The minimum absolute atomic E-state index is 0.0227. The molecule has 170 valence electrons. The summed E-state index contributed by atoms with van der Waals surface area (Å²) in [5, 5.41) is 3.90. The molecule has 10 heteroatoms. The highest BCUT2D eigenvalue weighted by molar-refractivity contribution is 6.06. The number of H-pyrrole nitrogens is 1. The lowest BCUT2D eigenvalue weighted by molar-refractivity contribution is 0.0974. The average Bonchev–Trinajstić information content (AvgIpc) is 3.51. The minimum Gasteiger partial charge on any atom is -0.467 e. The molecule has 0 bridgehead atoms. The van der Waals surface area contributed by atoms with Crippen LogP contribution in [0.4, 0.5) is 11.5 Å². The molecule has 0 spiro atoms. The fourth-order valence-electron chi connectivity index (χ4n) is 3.44. The number of anilines is 2. The number of nitrogen functional groups attached to an aromatic ring is 1. The second-order valence-corrected chi connectivity index (χ2v) is 7.41. The number of aromatic amines is 1. The van der Waals surface area contributed by atoms with E-state index in [1.807, 2.05) is 37.3 Å². The van der Waals surface area contributed by atoms with Crippen LogP contribution in [0, 0.1) is 0 Å². The molecule has 1 aromatic carbocycles. The number of amides is 1. The van der Waals surface area contributed by atoms with E-state index >= 15 is 0 Å². The Morgan fingerprint density at radius 1 is 1.18 bits per heavy atom. The molecule has 3 N–H and O–H groups in total. The molecule has 0 saturated carbocycles. The van der Waals surface area contributed by atoms with Gasteiger partial charge in [-0.15, -0.1) is 0 Å². The van der Waals surface area contributed by atoms with E-state index in [0.29, 0.717) is 24.5 Å². The van der Waals surface area contributed by atoms with Crippen LogP contribution in [0.15, 0.2) is 73.3 Å². The number of carbonyl (C=O) groups is 1. The van der Waals surface area contributed by atoms with Crippen molar-refractivity contribution in [3.63, 3.8) is 0 Å². The van der Waals surface area contributed by atoms with Crippen LogP contribution in [0.2, 0.25) is 0 Å². The van der Waals surface area contributed by atoms with Gasteiger partial charge in [0, 0.05) is 18.2 Å². The molecule has 3 heterocycles. The number of rotatable bonds is 8. The number of nitrogens with one attached hydrogen (secondary N) is 1. The molecule has 0 aliphatic rings. The topological polar surface area (TPSA) is 140 Å². The third-order valence-corrected chi connectivity index (χ3v) is 5.15. The van der Waals surface area contributed by atoms with Crippen molar-refractivity contribution in [2.75, 3.05) is 10.6 Å². The number of hydrogen-bond acceptors (Lipinski definition) is 7. The van der Waals surface area contributed by atoms with Gasteiger partial charge in [-0.1, -0.05) is 48.8 Å². The molecule has 4 rings (SSSR count). The molecule has 0 fully saturated rings. The zero-order valence-corrected chi connectivity index (χ0v) is 18.0. The summed E-state index contributed by atoms with van der Waals surface area (Å²) in [4.78, 5) is 42.0. The maximum absolute atomic E-state index is 13.5. The molecule has 0 aliphatic heterocycles. The van der Waals surface area contributed by atoms with Crippen molar-refractivity contribution in [3.8, 4) is 11.3 Å². The van der Waals surface area contributed by atoms with Crippen molar-refractivity contribution in [3.05, 3.63) is 87.1 Å². The summed E-state index contributed by atoms with van der Waals surface area (Å²) in [5.74, 6) is 0.0750. The van der Waals surface area contributed by atoms with E-state index < -0.39 is 17.2 Å². The van der Waals surface area contributed by atoms with Crippen molar-refractivity contribution in [1.82, 2.24) is 14.7 Å². The van der Waals surface area contributed by atoms with Crippen LogP contribution in [-0.4, -0.2) is 20.6 Å². The number of furan rings is 1. The third-order valence-electron chi connectivity index (χ3n) is 5.15. The molecule has 0 atom stereocenters. The second kappa shape index (κ2) is 9.43. The maximum atomic E-state index is 13.5. The van der Waals surface area contributed by atoms with Crippen LogP contribution in [0.1, 0.15) is 36.0 Å². The van der Waals surface area contributed by atoms with E-state index in [-0.39, 0.29) is 23.7 Å². The highest BCUT2D eigenvalue weighted by atomic mass is 16.5. The molecule has 0 radical (unpaired) electrons. The van der Waals surface area contributed by atoms with Crippen molar-refractivity contribution in [1.29, 1.82) is 0 Å². The molecular formula is C23H23N5O5. The molecule has 10 nitrogen and oxygen atoms in total. The van der Waals surface area contributed by atoms with Gasteiger partial charge in [-0.05, 0) is 18.6 Å². The Morgan fingerprint density at radius 2 is 1.97 bits per heavy atom. The van der Waals surface area contributed by atoms with Gasteiger partial charge in [0.2, 0.25) is 0 Å². The summed E-state index contributed by atoms with van der Waals surface area (Å²) in [6, 6.07) is 14.0. The van der Waals surface area contributed by atoms with Crippen LogP contribution in [-0.2, 0) is 13.1 Å². The third kappa shape index (κ3) is 4.49. The van der Waals surface area contributed by atoms with Gasteiger partial charge in [-0.2, -0.15) is 0 Å². The standard InChI is InChI=1S/C23H23N5O5/c1-2-3-11-27-20(24)19(21(29)25-23(27)31)28(14-16-10-7-12-32-16)22(30)17-13-18(33-26-17)15-8-5-4-6-9-15/h4-10,12-13H,2-3,11,14,24H2,1H3,(H,25,29,31).